The summed E-state index contributed by atoms with van der Waals surface area (Å²) in [5.74, 6) is 0.258. The van der Waals surface area contributed by atoms with E-state index in [1.165, 1.54) is 6.08 Å². The first kappa shape index (κ1) is 24.1. The highest BCUT2D eigenvalue weighted by molar-refractivity contribution is 6.75. The maximum Gasteiger partial charge on any atom is 0.292 e. The Hall–Kier alpha value is -0.886. The lowest BCUT2D eigenvalue weighted by Crippen LogP contribution is -2.42. The number of carbonyl (C=O) groups excluding carboxylic acids is 2. The molecule has 0 amide bonds. The fourth-order valence-corrected chi connectivity index (χ4v) is 3.75. The van der Waals surface area contributed by atoms with Crippen LogP contribution < -0.4 is 0 Å². The molecule has 0 spiro atoms. The minimum atomic E-state index is -2.12. The van der Waals surface area contributed by atoms with E-state index in [4.69, 9.17) is 8.85 Å². The van der Waals surface area contributed by atoms with Crippen LogP contribution in [0.4, 0.5) is 0 Å². The van der Waals surface area contributed by atoms with Crippen molar-refractivity contribution < 1.29 is 18.4 Å². The predicted octanol–water partition coefficient (Wildman–Crippen LogP) is 5.81. The molecular formula is C19H38O4Si2. The zero-order valence-corrected chi connectivity index (χ0v) is 20.1. The Morgan fingerprint density at radius 2 is 1.20 bits per heavy atom. The molecule has 0 atom stereocenters. The summed E-state index contributed by atoms with van der Waals surface area (Å²) in [6, 6.07) is 0. The standard InChI is InChI=1S/C19H38O4Si2/c1-15(22-24(8,9)18(2,3)4)14-16(20)12-13-17(21)23-25(10,11)19(5,6)7/h14H,12-13H2,1-11H3/b15-14-. The third-order valence-electron chi connectivity index (χ3n) is 5.34. The average Bonchev–Trinajstić information content (AvgIpc) is 2.32. The molecule has 0 aromatic carbocycles. The summed E-state index contributed by atoms with van der Waals surface area (Å²) in [7, 11) is -4.06. The van der Waals surface area contributed by atoms with Crippen molar-refractivity contribution in [3.63, 3.8) is 0 Å². The van der Waals surface area contributed by atoms with E-state index in [1.807, 2.05) is 20.0 Å². The van der Waals surface area contributed by atoms with Gasteiger partial charge < -0.3 is 8.85 Å². The van der Waals surface area contributed by atoms with Crippen LogP contribution in [0.25, 0.3) is 0 Å². The van der Waals surface area contributed by atoms with Gasteiger partial charge in [0, 0.05) is 12.5 Å². The summed E-state index contributed by atoms with van der Waals surface area (Å²) in [5, 5.41) is 0.0539. The third-order valence-corrected chi connectivity index (χ3v) is 14.1. The van der Waals surface area contributed by atoms with Crippen LogP contribution >= 0.6 is 0 Å². The summed E-state index contributed by atoms with van der Waals surface area (Å²) in [6.45, 7) is 22.9. The van der Waals surface area contributed by atoms with Crippen molar-refractivity contribution in [2.45, 2.75) is 97.6 Å². The monoisotopic (exact) mass is 386 g/mol. The van der Waals surface area contributed by atoms with Crippen molar-refractivity contribution in [3.05, 3.63) is 11.8 Å². The van der Waals surface area contributed by atoms with Gasteiger partial charge in [0.15, 0.2) is 5.78 Å². The molecule has 0 fully saturated rings. The zero-order valence-electron chi connectivity index (χ0n) is 18.1. The quantitative estimate of drug-likeness (QED) is 0.315. The van der Waals surface area contributed by atoms with Gasteiger partial charge >= 0.3 is 0 Å². The largest absolute Gasteiger partial charge is 0.547 e. The van der Waals surface area contributed by atoms with Crippen molar-refractivity contribution in [1.29, 1.82) is 0 Å². The first-order valence-corrected chi connectivity index (χ1v) is 14.8. The molecule has 4 nitrogen and oxygen atoms in total. The fraction of sp³-hybridized carbons (Fsp3) is 0.789. The highest BCUT2D eigenvalue weighted by Gasteiger charge is 2.40. The molecule has 0 aliphatic heterocycles. The van der Waals surface area contributed by atoms with E-state index in [2.05, 4.69) is 54.6 Å². The normalized spacial score (nSPS) is 14.3. The third kappa shape index (κ3) is 7.90. The first-order valence-electron chi connectivity index (χ1n) is 9.01. The molecule has 0 radical (unpaired) electrons. The number of hydrogen-bond donors (Lipinski definition) is 0. The Morgan fingerprint density at radius 1 is 0.800 bits per heavy atom. The molecule has 0 aliphatic rings. The molecule has 146 valence electrons. The second-order valence-corrected chi connectivity index (χ2v) is 19.3. The van der Waals surface area contributed by atoms with Gasteiger partial charge in [0.05, 0.1) is 12.2 Å². The highest BCUT2D eigenvalue weighted by Crippen LogP contribution is 2.38. The second kappa shape index (κ2) is 8.21. The predicted molar refractivity (Wildman–Crippen MR) is 110 cm³/mol. The average molecular weight is 387 g/mol. The van der Waals surface area contributed by atoms with E-state index in [9.17, 15) is 9.59 Å². The van der Waals surface area contributed by atoms with Crippen LogP contribution in [0.2, 0.25) is 36.3 Å². The molecule has 0 bridgehead atoms. The van der Waals surface area contributed by atoms with Gasteiger partial charge in [-0.2, -0.15) is 0 Å². The van der Waals surface area contributed by atoms with Crippen LogP contribution in [0.3, 0.4) is 0 Å². The van der Waals surface area contributed by atoms with Crippen LogP contribution in [0, 0.1) is 0 Å². The number of ketones is 1. The minimum absolute atomic E-state index is 0.0276. The number of allylic oxidation sites excluding steroid dienone is 2. The highest BCUT2D eigenvalue weighted by atomic mass is 28.4. The van der Waals surface area contributed by atoms with Crippen LogP contribution in [-0.4, -0.2) is 28.4 Å². The summed E-state index contributed by atoms with van der Waals surface area (Å²) in [6.07, 6.45) is 1.79. The maximum atomic E-state index is 12.1. The second-order valence-electron chi connectivity index (χ2n) is 9.82. The molecule has 0 heterocycles. The van der Waals surface area contributed by atoms with Crippen molar-refractivity contribution in [1.82, 2.24) is 0 Å². The lowest BCUT2D eigenvalue weighted by atomic mass is 10.2. The molecular weight excluding hydrogens is 348 g/mol. The molecule has 25 heavy (non-hydrogen) atoms. The van der Waals surface area contributed by atoms with Gasteiger partial charge in [0.25, 0.3) is 14.3 Å². The molecule has 0 aromatic heterocycles. The smallest absolute Gasteiger partial charge is 0.292 e. The lowest BCUT2D eigenvalue weighted by Gasteiger charge is -2.36. The van der Waals surface area contributed by atoms with Crippen molar-refractivity contribution in [2.75, 3.05) is 0 Å². The fourth-order valence-electron chi connectivity index (χ4n) is 1.60. The molecule has 0 saturated carbocycles. The number of carbonyl (C=O) groups is 2. The summed E-state index contributed by atoms with van der Waals surface area (Å²) < 4.78 is 11.8. The molecule has 0 aliphatic carbocycles. The molecule has 0 aromatic rings. The van der Waals surface area contributed by atoms with Gasteiger partial charge in [0.2, 0.25) is 8.32 Å². The van der Waals surface area contributed by atoms with E-state index < -0.39 is 16.6 Å². The Balaban J connectivity index is 4.65. The van der Waals surface area contributed by atoms with Gasteiger partial charge in [-0.25, -0.2) is 0 Å². The van der Waals surface area contributed by atoms with E-state index in [-0.39, 0.29) is 34.7 Å². The number of hydrogen-bond acceptors (Lipinski definition) is 4. The van der Waals surface area contributed by atoms with Gasteiger partial charge in [-0.3, -0.25) is 9.59 Å². The van der Waals surface area contributed by atoms with Gasteiger partial charge in [-0.05, 0) is 43.2 Å². The van der Waals surface area contributed by atoms with E-state index in [0.29, 0.717) is 5.76 Å². The Labute approximate surface area is 156 Å². The Bertz CT molecular complexity index is 521. The molecule has 6 heteroatoms. The van der Waals surface area contributed by atoms with E-state index in [1.54, 1.807) is 0 Å². The molecule has 0 rings (SSSR count). The van der Waals surface area contributed by atoms with Gasteiger partial charge in [-0.1, -0.05) is 41.5 Å². The van der Waals surface area contributed by atoms with E-state index in [0.717, 1.165) is 0 Å². The summed E-state index contributed by atoms with van der Waals surface area (Å²) in [5.41, 5.74) is 0. The van der Waals surface area contributed by atoms with Gasteiger partial charge in [0.1, 0.15) is 0 Å². The zero-order chi connectivity index (χ0) is 20.3. The minimum Gasteiger partial charge on any atom is -0.547 e. The van der Waals surface area contributed by atoms with Crippen LogP contribution in [0.5, 0.6) is 0 Å². The topological polar surface area (TPSA) is 52.6 Å². The summed E-state index contributed by atoms with van der Waals surface area (Å²) >= 11 is 0. The molecule has 0 unspecified atom stereocenters. The van der Waals surface area contributed by atoms with Crippen LogP contribution in [-0.2, 0) is 18.4 Å². The van der Waals surface area contributed by atoms with Crippen molar-refractivity contribution in [2.24, 2.45) is 0 Å². The first-order chi connectivity index (χ1) is 10.9. The maximum absolute atomic E-state index is 12.1. The molecule has 0 saturated heterocycles. The van der Waals surface area contributed by atoms with Crippen LogP contribution in [0.15, 0.2) is 11.8 Å². The number of rotatable bonds is 7. The SMILES string of the molecule is C/C(=C/C(=O)CCC(=O)O[Si](C)(C)C(C)(C)C)O[Si](C)(C)C(C)(C)C. The Morgan fingerprint density at radius 3 is 1.60 bits per heavy atom. The summed E-state index contributed by atoms with van der Waals surface area (Å²) in [4.78, 5) is 24.2. The van der Waals surface area contributed by atoms with Gasteiger partial charge in [-0.15, -0.1) is 0 Å². The Kier molecular flexibility index (Phi) is 7.92. The van der Waals surface area contributed by atoms with E-state index >= 15 is 0 Å². The lowest BCUT2D eigenvalue weighted by molar-refractivity contribution is -0.136. The van der Waals surface area contributed by atoms with Crippen LogP contribution in [0.1, 0.15) is 61.3 Å². The molecule has 0 N–H and O–H groups in total. The van der Waals surface area contributed by atoms with Crippen molar-refractivity contribution in [3.8, 4) is 0 Å². The van der Waals surface area contributed by atoms with Crippen molar-refractivity contribution >= 4 is 28.4 Å².